The lowest BCUT2D eigenvalue weighted by atomic mass is 10.1. The number of carbonyl (C=O) groups excluding carboxylic acids is 3. The summed E-state index contributed by atoms with van der Waals surface area (Å²) in [5.74, 6) is -0.917. The second kappa shape index (κ2) is 61.6. The standard InChI is InChI=1S/C68H114O6/c1-4-7-10-13-16-19-22-25-28-30-31-32-33-34-35-36-37-38-41-43-46-49-52-55-58-61-67(70)73-64-65(63-72-66(69)60-57-54-51-48-45-42-39-27-24-21-18-15-12-9-6-3)74-68(71)62-59-56-53-50-47-44-40-29-26-23-20-17-14-11-8-5-2/h7,9-10,12,16,18-19,21,25,27-29,31-32,34-35,39-40,65H,4-6,8,11,13-15,17,20,22-24,26,30,33,36-38,41-64H2,1-3H3/b10-7-,12-9-,19-16-,21-18-,28-25-,32-31-,35-34-,39-27-,40-29-. The third-order valence-corrected chi connectivity index (χ3v) is 13.0. The fraction of sp³-hybridized carbons (Fsp3) is 0.691. The van der Waals surface area contributed by atoms with Crippen molar-refractivity contribution in [2.75, 3.05) is 13.2 Å². The highest BCUT2D eigenvalue weighted by atomic mass is 16.6. The van der Waals surface area contributed by atoms with Gasteiger partial charge in [-0.2, -0.15) is 0 Å². The van der Waals surface area contributed by atoms with Crippen LogP contribution in [0, 0.1) is 0 Å². The quantitative estimate of drug-likeness (QED) is 0.0261. The average Bonchev–Trinajstić information content (AvgIpc) is 3.40. The molecule has 0 aromatic heterocycles. The second-order valence-electron chi connectivity index (χ2n) is 20.2. The SMILES string of the molecule is CC/C=C\C/C=C\C/C=C\C/C=C\C/C=C\CCCCCCCCCCCC(=O)OCC(COC(=O)CCCCCCC/C=C\C/C=C\C/C=C\CC)OC(=O)CCCCCCC/C=C\CCCCCCCCC. The molecule has 0 aliphatic heterocycles. The summed E-state index contributed by atoms with van der Waals surface area (Å²) in [6, 6.07) is 0. The van der Waals surface area contributed by atoms with E-state index in [2.05, 4.69) is 130 Å². The smallest absolute Gasteiger partial charge is 0.306 e. The first-order valence-electron chi connectivity index (χ1n) is 30.9. The molecule has 0 saturated carbocycles. The minimum absolute atomic E-state index is 0.0908. The molecule has 0 spiro atoms. The van der Waals surface area contributed by atoms with Crippen LogP contribution in [0.5, 0.6) is 0 Å². The molecule has 74 heavy (non-hydrogen) atoms. The van der Waals surface area contributed by atoms with Gasteiger partial charge in [0.1, 0.15) is 13.2 Å². The first-order chi connectivity index (χ1) is 36.5. The van der Waals surface area contributed by atoms with Gasteiger partial charge >= 0.3 is 17.9 Å². The van der Waals surface area contributed by atoms with E-state index in [1.54, 1.807) is 0 Å². The van der Waals surface area contributed by atoms with Gasteiger partial charge in [-0.15, -0.1) is 0 Å². The van der Waals surface area contributed by atoms with Crippen LogP contribution in [0.1, 0.15) is 284 Å². The summed E-state index contributed by atoms with van der Waals surface area (Å²) in [4.78, 5) is 38.3. The van der Waals surface area contributed by atoms with E-state index in [0.29, 0.717) is 19.3 Å². The first-order valence-corrected chi connectivity index (χ1v) is 30.9. The molecule has 0 heterocycles. The summed E-state index contributed by atoms with van der Waals surface area (Å²) >= 11 is 0. The molecule has 0 N–H and O–H groups in total. The molecule has 1 unspecified atom stereocenters. The van der Waals surface area contributed by atoms with Crippen molar-refractivity contribution in [3.8, 4) is 0 Å². The van der Waals surface area contributed by atoms with E-state index in [-0.39, 0.29) is 31.1 Å². The van der Waals surface area contributed by atoms with Crippen molar-refractivity contribution in [2.45, 2.75) is 290 Å². The van der Waals surface area contributed by atoms with Crippen molar-refractivity contribution >= 4 is 17.9 Å². The predicted octanol–water partition coefficient (Wildman–Crippen LogP) is 21.0. The van der Waals surface area contributed by atoms with Gasteiger partial charge in [0.15, 0.2) is 6.10 Å². The van der Waals surface area contributed by atoms with Gasteiger partial charge in [-0.1, -0.05) is 252 Å². The highest BCUT2D eigenvalue weighted by molar-refractivity contribution is 5.71. The number of allylic oxidation sites excluding steroid dienone is 18. The fourth-order valence-electron chi connectivity index (χ4n) is 8.42. The monoisotopic (exact) mass is 1030 g/mol. The fourth-order valence-corrected chi connectivity index (χ4v) is 8.42. The molecule has 0 bridgehead atoms. The number of hydrogen-bond acceptors (Lipinski definition) is 6. The molecule has 0 radical (unpaired) electrons. The van der Waals surface area contributed by atoms with Gasteiger partial charge in [-0.3, -0.25) is 14.4 Å². The number of unbranched alkanes of at least 4 members (excludes halogenated alkanes) is 26. The third kappa shape index (κ3) is 59.0. The summed E-state index contributed by atoms with van der Waals surface area (Å²) in [5.41, 5.74) is 0. The Morgan fingerprint density at radius 1 is 0.284 bits per heavy atom. The Bertz CT molecular complexity index is 1510. The van der Waals surface area contributed by atoms with Crippen LogP contribution in [0.25, 0.3) is 0 Å². The molecular weight excluding hydrogens is 913 g/mol. The highest BCUT2D eigenvalue weighted by Crippen LogP contribution is 2.15. The number of rotatable bonds is 55. The zero-order chi connectivity index (χ0) is 53.6. The van der Waals surface area contributed by atoms with E-state index >= 15 is 0 Å². The number of hydrogen-bond donors (Lipinski definition) is 0. The van der Waals surface area contributed by atoms with E-state index < -0.39 is 6.10 Å². The van der Waals surface area contributed by atoms with Crippen LogP contribution < -0.4 is 0 Å². The van der Waals surface area contributed by atoms with Crippen molar-refractivity contribution in [1.29, 1.82) is 0 Å². The van der Waals surface area contributed by atoms with Crippen LogP contribution in [0.2, 0.25) is 0 Å². The van der Waals surface area contributed by atoms with Gasteiger partial charge in [0.2, 0.25) is 0 Å². The Hall–Kier alpha value is -3.93. The predicted molar refractivity (Wildman–Crippen MR) is 320 cm³/mol. The van der Waals surface area contributed by atoms with Crippen LogP contribution in [0.3, 0.4) is 0 Å². The molecule has 0 aliphatic rings. The summed E-state index contributed by atoms with van der Waals surface area (Å²) in [6.45, 7) is 6.40. The van der Waals surface area contributed by atoms with Crippen LogP contribution in [-0.2, 0) is 28.6 Å². The Kier molecular flexibility index (Phi) is 58.3. The van der Waals surface area contributed by atoms with Gasteiger partial charge < -0.3 is 14.2 Å². The molecule has 0 aromatic carbocycles. The van der Waals surface area contributed by atoms with Crippen molar-refractivity contribution < 1.29 is 28.6 Å². The van der Waals surface area contributed by atoms with Gasteiger partial charge in [0.25, 0.3) is 0 Å². The zero-order valence-electron chi connectivity index (χ0n) is 48.3. The van der Waals surface area contributed by atoms with Crippen molar-refractivity contribution in [3.63, 3.8) is 0 Å². The van der Waals surface area contributed by atoms with E-state index in [9.17, 15) is 14.4 Å². The van der Waals surface area contributed by atoms with E-state index in [0.717, 1.165) is 148 Å². The molecule has 422 valence electrons. The molecular formula is C68H114O6. The normalized spacial score (nSPS) is 12.9. The summed E-state index contributed by atoms with van der Waals surface area (Å²) in [6.07, 6.45) is 83.7. The molecule has 0 saturated heterocycles. The summed E-state index contributed by atoms with van der Waals surface area (Å²) in [7, 11) is 0. The van der Waals surface area contributed by atoms with Gasteiger partial charge in [0.05, 0.1) is 0 Å². The molecule has 6 heteroatoms. The van der Waals surface area contributed by atoms with Gasteiger partial charge in [-0.05, 0) is 122 Å². The Balaban J connectivity index is 4.38. The summed E-state index contributed by atoms with van der Waals surface area (Å²) < 4.78 is 16.9. The number of ether oxygens (including phenoxy) is 3. The Labute approximate surface area is 457 Å². The molecule has 0 aliphatic carbocycles. The lowest BCUT2D eigenvalue weighted by Crippen LogP contribution is -2.30. The topological polar surface area (TPSA) is 78.9 Å². The van der Waals surface area contributed by atoms with Crippen LogP contribution in [0.15, 0.2) is 109 Å². The number of esters is 3. The van der Waals surface area contributed by atoms with Gasteiger partial charge in [0, 0.05) is 19.3 Å². The summed E-state index contributed by atoms with van der Waals surface area (Å²) in [5, 5.41) is 0. The molecule has 0 aromatic rings. The second-order valence-corrected chi connectivity index (χ2v) is 20.2. The highest BCUT2D eigenvalue weighted by Gasteiger charge is 2.19. The van der Waals surface area contributed by atoms with Crippen molar-refractivity contribution in [2.24, 2.45) is 0 Å². The molecule has 6 nitrogen and oxygen atoms in total. The largest absolute Gasteiger partial charge is 0.462 e. The molecule has 0 fully saturated rings. The van der Waals surface area contributed by atoms with E-state index in [1.165, 1.54) is 96.3 Å². The first kappa shape index (κ1) is 70.1. The van der Waals surface area contributed by atoms with Crippen LogP contribution in [0.4, 0.5) is 0 Å². The Morgan fingerprint density at radius 2 is 0.527 bits per heavy atom. The molecule has 0 rings (SSSR count). The third-order valence-electron chi connectivity index (χ3n) is 13.0. The van der Waals surface area contributed by atoms with Crippen LogP contribution >= 0.6 is 0 Å². The maximum atomic E-state index is 12.9. The van der Waals surface area contributed by atoms with E-state index in [1.807, 2.05) is 0 Å². The maximum Gasteiger partial charge on any atom is 0.306 e. The van der Waals surface area contributed by atoms with Gasteiger partial charge in [-0.25, -0.2) is 0 Å². The number of carbonyl (C=O) groups is 3. The lowest BCUT2D eigenvalue weighted by molar-refractivity contribution is -0.167. The van der Waals surface area contributed by atoms with Crippen molar-refractivity contribution in [1.82, 2.24) is 0 Å². The molecule has 1 atom stereocenters. The van der Waals surface area contributed by atoms with E-state index in [4.69, 9.17) is 14.2 Å². The zero-order valence-corrected chi connectivity index (χ0v) is 48.3. The minimum atomic E-state index is -0.795. The minimum Gasteiger partial charge on any atom is -0.462 e. The van der Waals surface area contributed by atoms with Crippen LogP contribution in [-0.4, -0.2) is 37.2 Å². The molecule has 0 amide bonds. The average molecular weight is 1030 g/mol. The lowest BCUT2D eigenvalue weighted by Gasteiger charge is -2.18. The Morgan fingerprint density at radius 3 is 0.838 bits per heavy atom. The maximum absolute atomic E-state index is 12.9. The van der Waals surface area contributed by atoms with Crippen molar-refractivity contribution in [3.05, 3.63) is 109 Å².